The molecule has 0 amide bonds. The Balaban J connectivity index is 1.43. The highest BCUT2D eigenvalue weighted by molar-refractivity contribution is 6.27. The number of hydrogen-bond acceptors (Lipinski definition) is 3. The van der Waals surface area contributed by atoms with Gasteiger partial charge in [-0.2, -0.15) is 0 Å². The average molecular weight is 628 g/mol. The summed E-state index contributed by atoms with van der Waals surface area (Å²) in [5, 5.41) is 34.9. The molecule has 0 unspecified atom stereocenters. The van der Waals surface area contributed by atoms with Crippen LogP contribution in [0.25, 0.3) is 22.6 Å². The topological polar surface area (TPSA) is 60.7 Å². The zero-order valence-electron chi connectivity index (χ0n) is 27.2. The predicted molar refractivity (Wildman–Crippen MR) is 202 cm³/mol. The van der Waals surface area contributed by atoms with Crippen LogP contribution < -0.4 is 10.4 Å². The molecule has 0 saturated carbocycles. The van der Waals surface area contributed by atoms with Crippen molar-refractivity contribution in [2.45, 2.75) is 12.8 Å². The quantitative estimate of drug-likeness (QED) is 0.251. The number of hydrogen-bond donors (Lipinski definition) is 3. The predicted octanol–water partition coefficient (Wildman–Crippen LogP) is 5.88. The van der Waals surface area contributed by atoms with Crippen LogP contribution in [0.15, 0.2) is 189 Å². The van der Waals surface area contributed by atoms with E-state index in [0.29, 0.717) is 22.1 Å². The molecule has 4 aliphatic rings. The summed E-state index contributed by atoms with van der Waals surface area (Å²) in [6.45, 7) is 0. The van der Waals surface area contributed by atoms with Gasteiger partial charge in [-0.15, -0.1) is 28.7 Å². The number of fused-ring (bicyclic) bond motifs is 3. The molecule has 0 atom stereocenters. The molecule has 3 aromatic rings. The first kappa shape index (κ1) is 31.1. The van der Waals surface area contributed by atoms with E-state index in [2.05, 4.69) is 83.0 Å². The molecule has 4 aliphatic carbocycles. The summed E-state index contributed by atoms with van der Waals surface area (Å²) in [5.41, 5.74) is 29.0. The lowest BCUT2D eigenvalue weighted by molar-refractivity contribution is 0.346. The van der Waals surface area contributed by atoms with Gasteiger partial charge in [0.05, 0.1) is 5.57 Å². The minimum atomic E-state index is -0.429. The monoisotopic (exact) mass is 628 g/mol. The number of aliphatic hydroxyl groups excluding tert-OH is 3. The Hall–Kier alpha value is -6.47. The fourth-order valence-electron chi connectivity index (χ4n) is 6.22. The summed E-state index contributed by atoms with van der Waals surface area (Å²) in [6, 6.07) is 24.1. The summed E-state index contributed by atoms with van der Waals surface area (Å²) in [7, 11) is 3.30. The van der Waals surface area contributed by atoms with Gasteiger partial charge in [-0.25, -0.2) is 0 Å². The van der Waals surface area contributed by atoms with Gasteiger partial charge in [-0.1, -0.05) is 84.6 Å². The third-order valence-electron chi connectivity index (χ3n) is 8.82. The van der Waals surface area contributed by atoms with Crippen molar-refractivity contribution in [1.82, 2.24) is 0 Å². The van der Waals surface area contributed by atoms with Gasteiger partial charge < -0.3 is 15.3 Å². The van der Waals surface area contributed by atoms with Crippen LogP contribution in [0.4, 0.5) is 0 Å². The molecule has 0 fully saturated rings. The van der Waals surface area contributed by atoms with Gasteiger partial charge in [-0.3, -0.25) is 0 Å². The van der Waals surface area contributed by atoms with E-state index in [4.69, 9.17) is 0 Å². The van der Waals surface area contributed by atoms with Gasteiger partial charge in [0.15, 0.2) is 33.0 Å². The number of aliphatic hydroxyl groups is 3. The molecule has 0 aromatic heterocycles. The molecule has 0 aliphatic heterocycles. The summed E-state index contributed by atoms with van der Waals surface area (Å²) in [5.74, 6) is -0.972. The normalized spacial score (nSPS) is 20.5. The summed E-state index contributed by atoms with van der Waals surface area (Å²) >= 11 is 0. The lowest BCUT2D eigenvalue weighted by Crippen LogP contribution is -2.22. The van der Waals surface area contributed by atoms with Gasteiger partial charge >= 0.3 is 0 Å². The van der Waals surface area contributed by atoms with E-state index in [0.717, 1.165) is 51.1 Å². The van der Waals surface area contributed by atoms with E-state index < -0.39 is 5.76 Å². The standard InChI is InChI=1S/C44H30B2O3/c45-40-27-41(46)44(49)43(48)39(26-42(40)47)38-25-34-18-8-7-17-33(34)24-37(35-19-9-10-20-36(35)38)30-14-4-1-13-29(21-22-30)32-16-6-3-12-28-11-2-5-15-31(28)23-32/h1-11,15-22,47-49H,12,23,45-46H2/b6-3-,22-21-,32-16+,44-43-. The van der Waals surface area contributed by atoms with E-state index in [1.54, 1.807) is 15.7 Å². The second-order valence-electron chi connectivity index (χ2n) is 12.1. The lowest BCUT2D eigenvalue weighted by Gasteiger charge is -2.17. The molecule has 0 heterocycles. The smallest absolute Gasteiger partial charge is 0.174 e. The van der Waals surface area contributed by atoms with Gasteiger partial charge in [0.2, 0.25) is 0 Å². The van der Waals surface area contributed by atoms with Crippen molar-refractivity contribution in [1.29, 1.82) is 0 Å². The maximum absolute atomic E-state index is 11.4. The van der Waals surface area contributed by atoms with E-state index in [1.165, 1.54) is 11.1 Å². The first-order valence-corrected chi connectivity index (χ1v) is 16.1. The summed E-state index contributed by atoms with van der Waals surface area (Å²) in [4.78, 5) is 0. The average Bonchev–Trinajstić information content (AvgIpc) is 3.08. The third kappa shape index (κ3) is 6.30. The van der Waals surface area contributed by atoms with Crippen molar-refractivity contribution in [2.75, 3.05) is 0 Å². The molecule has 5 heteroatoms. The van der Waals surface area contributed by atoms with Gasteiger partial charge in [0, 0.05) is 32.7 Å². The second-order valence-corrected chi connectivity index (χ2v) is 12.1. The molecule has 0 spiro atoms. The van der Waals surface area contributed by atoms with Crippen LogP contribution in [0.1, 0.15) is 22.3 Å². The Morgan fingerprint density at radius 2 is 1.18 bits per heavy atom. The molecule has 7 rings (SSSR count). The minimum absolute atomic E-state index is 0.106. The summed E-state index contributed by atoms with van der Waals surface area (Å²) in [6.07, 6.45) is 16.1. The Morgan fingerprint density at radius 1 is 0.571 bits per heavy atom. The number of benzene rings is 3. The molecule has 230 valence electrons. The van der Waals surface area contributed by atoms with Crippen molar-refractivity contribution in [3.05, 3.63) is 221 Å². The van der Waals surface area contributed by atoms with Crippen LogP contribution in [-0.4, -0.2) is 31.0 Å². The van der Waals surface area contributed by atoms with E-state index >= 15 is 0 Å². The third-order valence-corrected chi connectivity index (χ3v) is 8.82. The van der Waals surface area contributed by atoms with Crippen molar-refractivity contribution in [2.24, 2.45) is 0 Å². The Morgan fingerprint density at radius 3 is 1.94 bits per heavy atom. The van der Waals surface area contributed by atoms with Crippen LogP contribution in [0.3, 0.4) is 0 Å². The van der Waals surface area contributed by atoms with Gasteiger partial charge in [0.25, 0.3) is 0 Å². The van der Waals surface area contributed by atoms with Crippen molar-refractivity contribution < 1.29 is 15.3 Å². The van der Waals surface area contributed by atoms with Crippen LogP contribution in [0, 0.1) is 0 Å². The second kappa shape index (κ2) is 13.3. The molecular formula is C44H30B2O3. The van der Waals surface area contributed by atoms with Crippen LogP contribution in [0.2, 0.25) is 0 Å². The zero-order valence-corrected chi connectivity index (χ0v) is 27.2. The number of allylic oxidation sites excluding steroid dienone is 11. The Labute approximate surface area is 287 Å². The fraction of sp³-hybridized carbons (Fsp3) is 0.0455. The summed E-state index contributed by atoms with van der Waals surface area (Å²) < 4.78 is 0. The molecular weight excluding hydrogens is 598 g/mol. The molecule has 3 N–H and O–H groups in total. The molecule has 3 aromatic carbocycles. The zero-order chi connectivity index (χ0) is 33.9. The first-order valence-electron chi connectivity index (χ1n) is 16.1. The molecule has 0 bridgehead atoms. The van der Waals surface area contributed by atoms with Crippen molar-refractivity contribution >= 4 is 38.3 Å². The lowest BCUT2D eigenvalue weighted by atomic mass is 9.82. The van der Waals surface area contributed by atoms with E-state index in [1.807, 2.05) is 66.8 Å². The highest BCUT2D eigenvalue weighted by Crippen LogP contribution is 2.37. The first-order chi connectivity index (χ1) is 23.9. The Bertz CT molecular complexity index is 2600. The van der Waals surface area contributed by atoms with Crippen LogP contribution in [-0.2, 0) is 12.8 Å². The van der Waals surface area contributed by atoms with Crippen LogP contribution in [0.5, 0.6) is 0 Å². The largest absolute Gasteiger partial charge is 0.504 e. The molecule has 0 saturated heterocycles. The van der Waals surface area contributed by atoms with E-state index in [9.17, 15) is 15.3 Å². The van der Waals surface area contributed by atoms with Crippen molar-refractivity contribution in [3.63, 3.8) is 0 Å². The fourth-order valence-corrected chi connectivity index (χ4v) is 6.22. The Kier molecular flexibility index (Phi) is 8.47. The van der Waals surface area contributed by atoms with Crippen LogP contribution >= 0.6 is 0 Å². The minimum Gasteiger partial charge on any atom is -0.504 e. The molecule has 49 heavy (non-hydrogen) atoms. The molecule has 0 radical (unpaired) electrons. The maximum atomic E-state index is 11.4. The van der Waals surface area contributed by atoms with Gasteiger partial charge in [0.1, 0.15) is 0 Å². The maximum Gasteiger partial charge on any atom is 0.174 e. The van der Waals surface area contributed by atoms with Crippen molar-refractivity contribution in [3.8, 4) is 0 Å². The SMILES string of the molecule is BC1=C=C(B)/C(O)=C(/O)C(C2=C=c3ccccc3=C=C(C3=C=CC=C=C(/C4=C/C=C\Cc5ccccc5C4)/C=C\3)c3ccccc32)=C=C1O. The highest BCUT2D eigenvalue weighted by atomic mass is 16.3. The van der Waals surface area contributed by atoms with E-state index in [-0.39, 0.29) is 17.1 Å². The number of rotatable bonds is 3. The molecule has 3 nitrogen and oxygen atoms in total. The van der Waals surface area contributed by atoms with Gasteiger partial charge in [-0.05, 0) is 88.1 Å². The highest BCUT2D eigenvalue weighted by Gasteiger charge is 2.23.